The SMILES string of the molecule is N#Cc1cc(Nc2ccc(Cl)s2)ncn1. The van der Waals surface area contributed by atoms with Gasteiger partial charge in [-0.3, -0.25) is 0 Å². The number of nitrogens with one attached hydrogen (secondary N) is 1. The van der Waals surface area contributed by atoms with Crippen molar-refractivity contribution in [2.45, 2.75) is 0 Å². The number of nitrogens with zero attached hydrogens (tertiary/aromatic N) is 3. The zero-order valence-electron chi connectivity index (χ0n) is 7.44. The Balaban J connectivity index is 2.21. The molecule has 0 aromatic carbocycles. The average molecular weight is 237 g/mol. The molecule has 2 aromatic heterocycles. The summed E-state index contributed by atoms with van der Waals surface area (Å²) in [6.07, 6.45) is 1.34. The standard InChI is InChI=1S/C9H5ClN4S/c10-7-1-2-9(15-7)14-8-3-6(4-11)12-5-13-8/h1-3,5H,(H,12,13,14). The maximum absolute atomic E-state index is 8.65. The molecule has 0 spiro atoms. The molecule has 0 bridgehead atoms. The summed E-state index contributed by atoms with van der Waals surface area (Å²) in [6.45, 7) is 0. The van der Waals surface area contributed by atoms with Crippen molar-refractivity contribution in [3.8, 4) is 6.07 Å². The van der Waals surface area contributed by atoms with Crippen molar-refractivity contribution in [2.24, 2.45) is 0 Å². The lowest BCUT2D eigenvalue weighted by Crippen LogP contribution is -1.93. The van der Waals surface area contributed by atoms with Gasteiger partial charge < -0.3 is 5.32 Å². The predicted molar refractivity (Wildman–Crippen MR) is 59.4 cm³/mol. The van der Waals surface area contributed by atoms with Gasteiger partial charge in [-0.25, -0.2) is 9.97 Å². The molecule has 15 heavy (non-hydrogen) atoms. The van der Waals surface area contributed by atoms with E-state index in [1.54, 1.807) is 12.1 Å². The molecule has 2 rings (SSSR count). The van der Waals surface area contributed by atoms with E-state index in [-0.39, 0.29) is 0 Å². The van der Waals surface area contributed by atoms with Crippen LogP contribution in [0.2, 0.25) is 4.34 Å². The van der Waals surface area contributed by atoms with Crippen molar-refractivity contribution < 1.29 is 0 Å². The minimum absolute atomic E-state index is 0.329. The van der Waals surface area contributed by atoms with Gasteiger partial charge >= 0.3 is 0 Å². The van der Waals surface area contributed by atoms with Crippen LogP contribution >= 0.6 is 22.9 Å². The molecule has 1 N–H and O–H groups in total. The minimum atomic E-state index is 0.329. The molecular formula is C9H5ClN4S. The Kier molecular flexibility index (Phi) is 2.81. The molecular weight excluding hydrogens is 232 g/mol. The van der Waals surface area contributed by atoms with Crippen molar-refractivity contribution in [3.05, 3.63) is 34.6 Å². The van der Waals surface area contributed by atoms with E-state index in [4.69, 9.17) is 16.9 Å². The van der Waals surface area contributed by atoms with Gasteiger partial charge in [0.2, 0.25) is 0 Å². The minimum Gasteiger partial charge on any atom is -0.332 e. The summed E-state index contributed by atoms with van der Waals surface area (Å²) >= 11 is 7.19. The normalized spacial score (nSPS) is 9.60. The molecule has 0 aliphatic heterocycles. The van der Waals surface area contributed by atoms with E-state index in [9.17, 15) is 0 Å². The van der Waals surface area contributed by atoms with E-state index >= 15 is 0 Å². The van der Waals surface area contributed by atoms with E-state index in [0.717, 1.165) is 5.00 Å². The van der Waals surface area contributed by atoms with Crippen molar-refractivity contribution >= 4 is 33.8 Å². The lowest BCUT2D eigenvalue weighted by Gasteiger charge is -2.00. The number of halogens is 1. The molecule has 0 unspecified atom stereocenters. The highest BCUT2D eigenvalue weighted by molar-refractivity contribution is 7.19. The van der Waals surface area contributed by atoms with Crippen LogP contribution < -0.4 is 5.32 Å². The van der Waals surface area contributed by atoms with Crippen molar-refractivity contribution in [1.82, 2.24) is 9.97 Å². The van der Waals surface area contributed by atoms with Gasteiger partial charge in [0, 0.05) is 6.07 Å². The van der Waals surface area contributed by atoms with Crippen LogP contribution in [0.5, 0.6) is 0 Å². The lowest BCUT2D eigenvalue weighted by molar-refractivity contribution is 1.14. The fraction of sp³-hybridized carbons (Fsp3) is 0. The topological polar surface area (TPSA) is 61.6 Å². The number of rotatable bonds is 2. The number of nitriles is 1. The van der Waals surface area contributed by atoms with Crippen molar-refractivity contribution in [1.29, 1.82) is 5.26 Å². The van der Waals surface area contributed by atoms with E-state index in [2.05, 4.69) is 15.3 Å². The lowest BCUT2D eigenvalue weighted by atomic mass is 10.4. The molecule has 2 heterocycles. The number of hydrogen-bond acceptors (Lipinski definition) is 5. The van der Waals surface area contributed by atoms with Crippen LogP contribution in [0.1, 0.15) is 5.69 Å². The Morgan fingerprint density at radius 3 is 2.93 bits per heavy atom. The molecule has 0 radical (unpaired) electrons. The fourth-order valence-corrected chi connectivity index (χ4v) is 1.94. The van der Waals surface area contributed by atoms with Crippen LogP contribution in [0.4, 0.5) is 10.8 Å². The van der Waals surface area contributed by atoms with E-state index in [1.807, 2.05) is 12.1 Å². The first-order valence-corrected chi connectivity index (χ1v) is 5.22. The third kappa shape index (κ3) is 2.43. The highest BCUT2D eigenvalue weighted by Crippen LogP contribution is 2.28. The third-order valence-corrected chi connectivity index (χ3v) is 2.75. The van der Waals surface area contributed by atoms with E-state index < -0.39 is 0 Å². The summed E-state index contributed by atoms with van der Waals surface area (Å²) in [5.41, 5.74) is 0.329. The van der Waals surface area contributed by atoms with Gasteiger partial charge in [-0.1, -0.05) is 11.6 Å². The zero-order chi connectivity index (χ0) is 10.7. The smallest absolute Gasteiger partial charge is 0.145 e. The van der Waals surface area contributed by atoms with Crippen LogP contribution in [-0.4, -0.2) is 9.97 Å². The van der Waals surface area contributed by atoms with E-state index in [0.29, 0.717) is 15.8 Å². The Bertz CT molecular complexity index is 517. The van der Waals surface area contributed by atoms with Crippen LogP contribution in [0, 0.1) is 11.3 Å². The molecule has 0 atom stereocenters. The first-order chi connectivity index (χ1) is 7.28. The molecule has 2 aromatic rings. The van der Waals surface area contributed by atoms with Gasteiger partial charge in [-0.2, -0.15) is 5.26 Å². The second-order valence-electron chi connectivity index (χ2n) is 2.63. The number of thiophene rings is 1. The van der Waals surface area contributed by atoms with Crippen LogP contribution in [0.15, 0.2) is 24.5 Å². The monoisotopic (exact) mass is 236 g/mol. The van der Waals surface area contributed by atoms with Gasteiger partial charge in [0.25, 0.3) is 0 Å². The van der Waals surface area contributed by atoms with Gasteiger partial charge in [0.15, 0.2) is 0 Å². The van der Waals surface area contributed by atoms with Gasteiger partial charge in [-0.15, -0.1) is 11.3 Å². The van der Waals surface area contributed by atoms with Crippen LogP contribution in [0.25, 0.3) is 0 Å². The summed E-state index contributed by atoms with van der Waals surface area (Å²) in [5, 5.41) is 12.6. The largest absolute Gasteiger partial charge is 0.332 e. The average Bonchev–Trinajstić information content (AvgIpc) is 2.64. The molecule has 0 aliphatic carbocycles. The third-order valence-electron chi connectivity index (χ3n) is 1.61. The summed E-state index contributed by atoms with van der Waals surface area (Å²) in [4.78, 5) is 7.75. The summed E-state index contributed by atoms with van der Waals surface area (Å²) in [5.74, 6) is 0.583. The molecule has 0 saturated heterocycles. The maximum atomic E-state index is 8.65. The Hall–Kier alpha value is -1.64. The number of anilines is 2. The molecule has 0 aliphatic rings. The second-order valence-corrected chi connectivity index (χ2v) is 4.34. The maximum Gasteiger partial charge on any atom is 0.145 e. The van der Waals surface area contributed by atoms with Gasteiger partial charge in [0.1, 0.15) is 23.9 Å². The second kappa shape index (κ2) is 4.26. The Labute approximate surface area is 95.2 Å². The number of aromatic nitrogens is 2. The molecule has 0 amide bonds. The molecule has 6 heteroatoms. The molecule has 4 nitrogen and oxygen atoms in total. The quantitative estimate of drug-likeness (QED) is 0.871. The predicted octanol–water partition coefficient (Wildman–Crippen LogP) is 2.81. The highest BCUT2D eigenvalue weighted by atomic mass is 35.5. The van der Waals surface area contributed by atoms with Crippen LogP contribution in [-0.2, 0) is 0 Å². The zero-order valence-corrected chi connectivity index (χ0v) is 9.01. The van der Waals surface area contributed by atoms with Crippen molar-refractivity contribution in [2.75, 3.05) is 5.32 Å². The molecule has 0 saturated carbocycles. The van der Waals surface area contributed by atoms with Crippen LogP contribution in [0.3, 0.4) is 0 Å². The van der Waals surface area contributed by atoms with Gasteiger partial charge in [0.05, 0.1) is 9.34 Å². The van der Waals surface area contributed by atoms with E-state index in [1.165, 1.54) is 17.7 Å². The fourth-order valence-electron chi connectivity index (χ4n) is 0.995. The molecule has 74 valence electrons. The summed E-state index contributed by atoms with van der Waals surface area (Å²) < 4.78 is 0.701. The Morgan fingerprint density at radius 2 is 2.27 bits per heavy atom. The number of hydrogen-bond donors (Lipinski definition) is 1. The van der Waals surface area contributed by atoms with Crippen molar-refractivity contribution in [3.63, 3.8) is 0 Å². The Morgan fingerprint density at radius 1 is 1.40 bits per heavy atom. The van der Waals surface area contributed by atoms with Gasteiger partial charge in [-0.05, 0) is 12.1 Å². The first-order valence-electron chi connectivity index (χ1n) is 4.02. The highest BCUT2D eigenvalue weighted by Gasteiger charge is 2.00. The summed E-state index contributed by atoms with van der Waals surface area (Å²) in [7, 11) is 0. The molecule has 0 fully saturated rings. The first kappa shape index (κ1) is 9.90. The summed E-state index contributed by atoms with van der Waals surface area (Å²) in [6, 6.07) is 7.16.